The molecule has 0 aliphatic carbocycles. The first-order chi connectivity index (χ1) is 27.7. The van der Waals surface area contributed by atoms with Gasteiger partial charge >= 0.3 is 11.8 Å². The molecular formula is C44H58N4O11. The van der Waals surface area contributed by atoms with Gasteiger partial charge in [-0.3, -0.25) is 24.4 Å². The van der Waals surface area contributed by atoms with E-state index in [4.69, 9.17) is 28.9 Å². The molecule has 4 heterocycles. The Morgan fingerprint density at radius 2 is 1.64 bits per heavy atom. The molecule has 0 saturated carbocycles. The third-order valence-corrected chi connectivity index (χ3v) is 12.6. The first kappa shape index (κ1) is 43.7. The standard InChI is InChI=1S/C44H58N4O11/c1-21(2)48-17-15-44(16-18-48)46-34-33-31-28(50)20-30-32(33)41(54)43(9,59-30)57-19-14-29(56-10)24(5)40(58-27(8)49)26(7)38(52)25(6)37(51)22(3)12-11-13-23(4)42(55)45-36(39(31)53)35(34)47-44/h11-14,19-22,24-26,29,37-38,40,50-53H,15-18H2,1-10H3,(H,45,55). The van der Waals surface area contributed by atoms with Gasteiger partial charge in [0.2, 0.25) is 0 Å². The van der Waals surface area contributed by atoms with Gasteiger partial charge in [-0.15, -0.1) is 0 Å². The number of methoxy groups -OCH3 is 1. The molecule has 4 aliphatic heterocycles. The molecule has 9 unspecified atom stereocenters. The zero-order chi connectivity index (χ0) is 43.3. The lowest BCUT2D eigenvalue weighted by atomic mass is 9.78. The van der Waals surface area contributed by atoms with Gasteiger partial charge in [-0.05, 0) is 26.8 Å². The highest BCUT2D eigenvalue weighted by molar-refractivity contribution is 6.19. The highest BCUT2D eigenvalue weighted by Gasteiger charge is 2.49. The van der Waals surface area contributed by atoms with Crippen molar-refractivity contribution < 1.29 is 53.8 Å². The van der Waals surface area contributed by atoms with E-state index in [2.05, 4.69) is 24.1 Å². The normalized spacial score (nSPS) is 31.4. The van der Waals surface area contributed by atoms with E-state index in [1.165, 1.54) is 33.3 Å². The second-order valence-corrected chi connectivity index (χ2v) is 17.0. The van der Waals surface area contributed by atoms with Crippen LogP contribution >= 0.6 is 0 Å². The molecule has 1 fully saturated rings. The number of aliphatic hydroxyl groups is 2. The van der Waals surface area contributed by atoms with Crippen molar-refractivity contribution in [2.75, 3.05) is 25.5 Å². The van der Waals surface area contributed by atoms with Gasteiger partial charge in [0.25, 0.3) is 11.7 Å². The number of esters is 1. The summed E-state index contributed by atoms with van der Waals surface area (Å²) in [5, 5.41) is 49.6. The van der Waals surface area contributed by atoms with Crippen LogP contribution in [0, 0.1) is 23.7 Å². The zero-order valence-electron chi connectivity index (χ0n) is 35.5. The predicted molar refractivity (Wildman–Crippen MR) is 218 cm³/mol. The SMILES string of the molecule is COC1C=COC2(C)Oc3cc(O)c4c(O)c(c5c(c4c3C2=O)=NC2(CCN(C(C)C)CC2)N=5)NC(=O)C(C)=CC=CC(C)C(O)C(C)C(O)C(C)C(OC(C)=O)C1C. The van der Waals surface area contributed by atoms with Gasteiger partial charge in [-0.1, -0.05) is 45.9 Å². The summed E-state index contributed by atoms with van der Waals surface area (Å²) in [7, 11) is 1.46. The number of ether oxygens (including phenoxy) is 4. The van der Waals surface area contributed by atoms with E-state index in [9.17, 15) is 34.8 Å². The number of fused-ring (bicyclic) bond motifs is 1. The minimum Gasteiger partial charge on any atom is -0.507 e. The Balaban J connectivity index is 1.52. The van der Waals surface area contributed by atoms with Crippen LogP contribution in [0.25, 0.3) is 10.8 Å². The number of phenolic OH excluding ortho intramolecular Hbond substituents is 2. The minimum atomic E-state index is -1.95. The number of carbonyl (C=O) groups excluding carboxylic acids is 3. The van der Waals surface area contributed by atoms with Crippen LogP contribution in [0.3, 0.4) is 0 Å². The lowest BCUT2D eigenvalue weighted by Gasteiger charge is -2.38. The monoisotopic (exact) mass is 818 g/mol. The molecular weight excluding hydrogens is 761 g/mol. The van der Waals surface area contributed by atoms with E-state index in [0.29, 0.717) is 32.0 Å². The molecule has 15 heteroatoms. The van der Waals surface area contributed by atoms with E-state index in [-0.39, 0.29) is 44.1 Å². The van der Waals surface area contributed by atoms with Crippen LogP contribution in [0.5, 0.6) is 17.2 Å². The lowest BCUT2D eigenvalue weighted by molar-refractivity contribution is -0.160. The zero-order valence-corrected chi connectivity index (χ0v) is 35.5. The van der Waals surface area contributed by atoms with Crippen molar-refractivity contribution in [3.63, 3.8) is 0 Å². The Labute approximate surface area is 344 Å². The lowest BCUT2D eigenvalue weighted by Crippen LogP contribution is -2.46. The third-order valence-electron chi connectivity index (χ3n) is 12.6. The summed E-state index contributed by atoms with van der Waals surface area (Å²) < 4.78 is 23.7. The van der Waals surface area contributed by atoms with Crippen molar-refractivity contribution in [3.05, 3.63) is 58.5 Å². The Kier molecular flexibility index (Phi) is 12.4. The van der Waals surface area contributed by atoms with E-state index in [1.54, 1.807) is 58.9 Å². The summed E-state index contributed by atoms with van der Waals surface area (Å²) in [6, 6.07) is 1.52. The molecule has 2 aromatic rings. The second kappa shape index (κ2) is 16.7. The van der Waals surface area contributed by atoms with Crippen LogP contribution in [0.4, 0.5) is 5.69 Å². The number of piperidine rings is 1. The van der Waals surface area contributed by atoms with Gasteiger partial charge in [-0.2, -0.15) is 0 Å². The van der Waals surface area contributed by atoms with Crippen molar-refractivity contribution in [2.24, 2.45) is 33.7 Å². The number of aromatic hydroxyl groups is 2. The van der Waals surface area contributed by atoms with Crippen molar-refractivity contribution >= 4 is 34.1 Å². The van der Waals surface area contributed by atoms with Gasteiger partial charge < -0.3 is 49.6 Å². The summed E-state index contributed by atoms with van der Waals surface area (Å²) in [4.78, 5) is 53.2. The number of carbonyl (C=O) groups is 3. The quantitative estimate of drug-likeness (QED) is 0.218. The molecule has 320 valence electrons. The summed E-state index contributed by atoms with van der Waals surface area (Å²) in [6.45, 7) is 16.9. The maximum atomic E-state index is 14.5. The maximum absolute atomic E-state index is 14.5. The fraction of sp³-hybridized carbons (Fsp3) is 0.568. The van der Waals surface area contributed by atoms with Gasteiger partial charge in [-0.25, -0.2) is 0 Å². The molecule has 15 nitrogen and oxygen atoms in total. The number of Topliss-reactive ketones (excluding diaryl/α,β-unsaturated/α-hetero) is 1. The number of nitrogens with zero attached hydrogens (tertiary/aromatic N) is 3. The molecule has 9 atom stereocenters. The topological polar surface area (TPSA) is 209 Å². The molecule has 4 bridgehead atoms. The number of amides is 1. The number of ketones is 1. The summed E-state index contributed by atoms with van der Waals surface area (Å²) in [5.74, 6) is -7.00. The van der Waals surface area contributed by atoms with Crippen LogP contribution < -0.4 is 20.8 Å². The largest absolute Gasteiger partial charge is 0.507 e. The Bertz CT molecular complexity index is 2230. The van der Waals surface area contributed by atoms with Crippen LogP contribution in [0.15, 0.2) is 52.2 Å². The number of phenols is 2. The molecule has 0 aromatic heterocycles. The molecule has 1 amide bonds. The van der Waals surface area contributed by atoms with Gasteiger partial charge in [0.05, 0.1) is 40.9 Å². The molecule has 1 spiro atoms. The number of hydrogen-bond acceptors (Lipinski definition) is 14. The summed E-state index contributed by atoms with van der Waals surface area (Å²) >= 11 is 0. The smallest absolute Gasteiger partial charge is 0.312 e. The fourth-order valence-electron chi connectivity index (χ4n) is 8.78. The first-order valence-electron chi connectivity index (χ1n) is 20.3. The number of benzene rings is 2. The number of aliphatic hydroxyl groups excluding tert-OH is 2. The van der Waals surface area contributed by atoms with E-state index in [0.717, 1.165) is 0 Å². The average molecular weight is 819 g/mol. The molecule has 2 aromatic carbocycles. The number of nitrogens with one attached hydrogen (secondary N) is 1. The van der Waals surface area contributed by atoms with E-state index in [1.807, 2.05) is 0 Å². The fourth-order valence-corrected chi connectivity index (χ4v) is 8.78. The summed E-state index contributed by atoms with van der Waals surface area (Å²) in [5.41, 5.74) is -0.754. The van der Waals surface area contributed by atoms with Gasteiger partial charge in [0.15, 0.2) is 11.4 Å². The van der Waals surface area contributed by atoms with Crippen molar-refractivity contribution in [3.8, 4) is 17.2 Å². The van der Waals surface area contributed by atoms with Crippen LogP contribution in [-0.4, -0.2) is 105 Å². The maximum Gasteiger partial charge on any atom is 0.312 e. The van der Waals surface area contributed by atoms with Crippen LogP contribution in [0.2, 0.25) is 0 Å². The summed E-state index contributed by atoms with van der Waals surface area (Å²) in [6.07, 6.45) is 4.99. The Morgan fingerprint density at radius 1 is 0.983 bits per heavy atom. The molecule has 59 heavy (non-hydrogen) atoms. The third kappa shape index (κ3) is 8.09. The van der Waals surface area contributed by atoms with Crippen LogP contribution in [0.1, 0.15) is 85.5 Å². The highest BCUT2D eigenvalue weighted by atomic mass is 16.7. The predicted octanol–water partition coefficient (Wildman–Crippen LogP) is 4.19. The number of allylic oxidation sites excluding steroid dienone is 2. The minimum absolute atomic E-state index is 0.00363. The van der Waals surface area contributed by atoms with Crippen molar-refractivity contribution in [1.29, 1.82) is 0 Å². The van der Waals surface area contributed by atoms with Crippen molar-refractivity contribution in [2.45, 2.75) is 117 Å². The average Bonchev–Trinajstić information content (AvgIpc) is 3.67. The second-order valence-electron chi connectivity index (χ2n) is 17.0. The van der Waals surface area contributed by atoms with Gasteiger partial charge in [0.1, 0.15) is 28.6 Å². The molecule has 6 rings (SSSR count). The molecule has 4 aliphatic rings. The number of anilines is 1. The number of rotatable bonds is 3. The van der Waals surface area contributed by atoms with Crippen LogP contribution in [-0.2, 0) is 23.8 Å². The Morgan fingerprint density at radius 3 is 2.27 bits per heavy atom. The molecule has 1 saturated heterocycles. The Hall–Kier alpha value is -4.83. The van der Waals surface area contributed by atoms with E-state index >= 15 is 0 Å². The number of likely N-dealkylation sites (tertiary alicyclic amines) is 1. The highest BCUT2D eigenvalue weighted by Crippen LogP contribution is 2.47. The first-order valence-corrected chi connectivity index (χ1v) is 20.3. The van der Waals surface area contributed by atoms with Crippen molar-refractivity contribution in [1.82, 2.24) is 4.90 Å². The van der Waals surface area contributed by atoms with E-state index < -0.39 is 88.7 Å². The molecule has 0 radical (unpaired) electrons. The number of hydrogen-bond donors (Lipinski definition) is 5. The van der Waals surface area contributed by atoms with Gasteiger partial charge in [0, 0.05) is 93.6 Å². The molecule has 5 N–H and O–H groups in total.